The van der Waals surface area contributed by atoms with E-state index in [1.807, 2.05) is 7.05 Å². The first-order chi connectivity index (χ1) is 16.1. The van der Waals surface area contributed by atoms with Crippen LogP contribution in [0.4, 0.5) is 5.69 Å². The van der Waals surface area contributed by atoms with Crippen LogP contribution in [0.3, 0.4) is 0 Å². The fraction of sp³-hybridized carbons (Fsp3) is 0.435. The van der Waals surface area contributed by atoms with Gasteiger partial charge in [-0.1, -0.05) is 6.07 Å². The zero-order valence-electron chi connectivity index (χ0n) is 19.4. The number of likely N-dealkylation sites (N-methyl/N-ethyl adjacent to an activating group) is 1. The second-order valence-electron chi connectivity index (χ2n) is 8.78. The van der Waals surface area contributed by atoms with Crippen molar-refractivity contribution in [2.45, 2.75) is 29.6 Å². The maximum atomic E-state index is 13.2. The highest BCUT2D eigenvalue weighted by atomic mass is 32.2. The average molecular weight is 507 g/mol. The Bertz CT molecular complexity index is 1260. The van der Waals surface area contributed by atoms with E-state index in [0.29, 0.717) is 50.5 Å². The van der Waals surface area contributed by atoms with Crippen molar-refractivity contribution < 1.29 is 21.6 Å². The number of rotatable bonds is 6. The first-order valence-corrected chi connectivity index (χ1v) is 14.2. The van der Waals surface area contributed by atoms with Crippen LogP contribution in [-0.4, -0.2) is 82.6 Å². The quantitative estimate of drug-likeness (QED) is 0.642. The third kappa shape index (κ3) is 5.03. The van der Waals surface area contributed by atoms with Crippen molar-refractivity contribution in [1.29, 1.82) is 0 Å². The number of hydrogen-bond donors (Lipinski definition) is 1. The summed E-state index contributed by atoms with van der Waals surface area (Å²) in [4.78, 5) is 15.2. The van der Waals surface area contributed by atoms with Gasteiger partial charge in [-0.3, -0.25) is 4.79 Å². The minimum atomic E-state index is -3.69. The van der Waals surface area contributed by atoms with Crippen molar-refractivity contribution >= 4 is 31.6 Å². The maximum Gasteiger partial charge on any atom is 0.255 e. The van der Waals surface area contributed by atoms with Gasteiger partial charge in [0.05, 0.1) is 9.79 Å². The lowest BCUT2D eigenvalue weighted by Crippen LogP contribution is -2.47. The highest BCUT2D eigenvalue weighted by Gasteiger charge is 2.29. The number of hydrogen-bond acceptors (Lipinski definition) is 6. The molecule has 2 saturated heterocycles. The number of carbonyl (C=O) groups is 1. The molecule has 0 atom stereocenters. The normalized spacial score (nSPS) is 18.8. The molecule has 0 aliphatic carbocycles. The summed E-state index contributed by atoms with van der Waals surface area (Å²) in [6.07, 6.45) is 1.70. The highest BCUT2D eigenvalue weighted by Crippen LogP contribution is 2.25. The van der Waals surface area contributed by atoms with Crippen molar-refractivity contribution in [3.63, 3.8) is 0 Å². The summed E-state index contributed by atoms with van der Waals surface area (Å²) in [6.45, 7) is 4.92. The van der Waals surface area contributed by atoms with Gasteiger partial charge in [0.2, 0.25) is 20.0 Å². The first kappa shape index (κ1) is 24.8. The van der Waals surface area contributed by atoms with Gasteiger partial charge in [-0.25, -0.2) is 16.8 Å². The van der Waals surface area contributed by atoms with Crippen molar-refractivity contribution in [2.75, 3.05) is 51.6 Å². The molecule has 9 nitrogen and oxygen atoms in total. The van der Waals surface area contributed by atoms with E-state index in [1.165, 1.54) is 38.9 Å². The van der Waals surface area contributed by atoms with Crippen LogP contribution >= 0.6 is 0 Å². The Morgan fingerprint density at radius 3 is 2.00 bits per heavy atom. The monoisotopic (exact) mass is 506 g/mol. The Balaban J connectivity index is 1.50. The number of nitrogens with zero attached hydrogens (tertiary/aromatic N) is 3. The highest BCUT2D eigenvalue weighted by molar-refractivity contribution is 7.89. The number of anilines is 1. The molecule has 1 amide bonds. The topological polar surface area (TPSA) is 107 Å². The van der Waals surface area contributed by atoms with Crippen LogP contribution in [0.5, 0.6) is 0 Å². The predicted molar refractivity (Wildman–Crippen MR) is 130 cm³/mol. The number of piperazine rings is 1. The minimum Gasteiger partial charge on any atom is -0.322 e. The molecule has 2 aromatic carbocycles. The first-order valence-electron chi connectivity index (χ1n) is 11.3. The Morgan fingerprint density at radius 1 is 0.794 bits per heavy atom. The number of aryl methyl sites for hydroxylation is 1. The fourth-order valence-electron chi connectivity index (χ4n) is 4.18. The molecule has 2 aliphatic heterocycles. The maximum absolute atomic E-state index is 13.2. The lowest BCUT2D eigenvalue weighted by molar-refractivity contribution is 0.102. The van der Waals surface area contributed by atoms with Crippen LogP contribution in [0.1, 0.15) is 28.8 Å². The molecule has 2 aliphatic rings. The van der Waals surface area contributed by atoms with Crippen LogP contribution < -0.4 is 5.32 Å². The zero-order chi connectivity index (χ0) is 24.5. The molecule has 2 fully saturated rings. The van der Waals surface area contributed by atoms with E-state index in [2.05, 4.69) is 10.2 Å². The second kappa shape index (κ2) is 9.74. The number of carbonyl (C=O) groups excluding carboxylic acids is 1. The van der Waals surface area contributed by atoms with Gasteiger partial charge < -0.3 is 10.2 Å². The molecule has 11 heteroatoms. The van der Waals surface area contributed by atoms with Gasteiger partial charge in [-0.05, 0) is 68.8 Å². The summed E-state index contributed by atoms with van der Waals surface area (Å²) >= 11 is 0. The van der Waals surface area contributed by atoms with Crippen LogP contribution in [0.15, 0.2) is 52.3 Å². The van der Waals surface area contributed by atoms with Gasteiger partial charge in [-0.15, -0.1) is 0 Å². The van der Waals surface area contributed by atoms with Gasteiger partial charge >= 0.3 is 0 Å². The standard InChI is InChI=1S/C23H30N4O5S2/c1-18-5-8-20(17-22(18)34(31,32)27-15-13-25(2)14-16-27)24-23(28)19-6-9-21(10-7-19)33(29,30)26-11-3-4-12-26/h5-10,17H,3-4,11-16H2,1-2H3,(H,24,28). The molecule has 34 heavy (non-hydrogen) atoms. The van der Waals surface area contributed by atoms with Crippen LogP contribution in [0, 0.1) is 6.92 Å². The molecule has 1 N–H and O–H groups in total. The Labute approximate surface area is 201 Å². The molecule has 2 heterocycles. The predicted octanol–water partition coefficient (Wildman–Crippen LogP) is 1.97. The summed E-state index contributed by atoms with van der Waals surface area (Å²) in [5, 5.41) is 2.73. The SMILES string of the molecule is Cc1ccc(NC(=O)c2ccc(S(=O)(=O)N3CCCC3)cc2)cc1S(=O)(=O)N1CCN(C)CC1. The van der Waals surface area contributed by atoms with Crippen molar-refractivity contribution in [1.82, 2.24) is 13.5 Å². The van der Waals surface area contributed by atoms with E-state index >= 15 is 0 Å². The van der Waals surface area contributed by atoms with Crippen molar-refractivity contribution in [2.24, 2.45) is 0 Å². The molecule has 0 unspecified atom stereocenters. The molecule has 0 bridgehead atoms. The molecule has 4 rings (SSSR count). The third-order valence-electron chi connectivity index (χ3n) is 6.35. The van der Waals surface area contributed by atoms with E-state index < -0.39 is 26.0 Å². The van der Waals surface area contributed by atoms with E-state index in [4.69, 9.17) is 0 Å². The van der Waals surface area contributed by atoms with E-state index in [9.17, 15) is 21.6 Å². The van der Waals surface area contributed by atoms with Gasteiger partial charge in [0, 0.05) is 50.5 Å². The molecule has 0 aromatic heterocycles. The van der Waals surface area contributed by atoms with E-state index in [1.54, 1.807) is 19.1 Å². The smallest absolute Gasteiger partial charge is 0.255 e. The summed E-state index contributed by atoms with van der Waals surface area (Å²) < 4.78 is 54.7. The van der Waals surface area contributed by atoms with Crippen molar-refractivity contribution in [3.8, 4) is 0 Å². The van der Waals surface area contributed by atoms with Gasteiger partial charge in [0.15, 0.2) is 0 Å². The summed E-state index contributed by atoms with van der Waals surface area (Å²) in [5.74, 6) is -0.447. The van der Waals surface area contributed by atoms with Crippen molar-refractivity contribution in [3.05, 3.63) is 53.6 Å². The zero-order valence-corrected chi connectivity index (χ0v) is 21.0. The molecule has 0 radical (unpaired) electrons. The van der Waals surface area contributed by atoms with Gasteiger partial charge in [0.1, 0.15) is 0 Å². The molecular formula is C23H30N4O5S2. The van der Waals surface area contributed by atoms with Crippen LogP contribution in [0.25, 0.3) is 0 Å². The number of sulfonamides is 2. The van der Waals surface area contributed by atoms with Crippen LogP contribution in [0.2, 0.25) is 0 Å². The van der Waals surface area contributed by atoms with Gasteiger partial charge in [0.25, 0.3) is 5.91 Å². The summed E-state index contributed by atoms with van der Waals surface area (Å²) in [5.41, 5.74) is 1.25. The fourth-order valence-corrected chi connectivity index (χ4v) is 7.37. The Kier molecular flexibility index (Phi) is 7.11. The number of amides is 1. The molecule has 2 aromatic rings. The van der Waals surface area contributed by atoms with E-state index in [0.717, 1.165) is 12.8 Å². The summed E-state index contributed by atoms with van der Waals surface area (Å²) in [7, 11) is -5.28. The molecular weight excluding hydrogens is 476 g/mol. The Morgan fingerprint density at radius 2 is 1.38 bits per heavy atom. The van der Waals surface area contributed by atoms with Crippen LogP contribution in [-0.2, 0) is 20.0 Å². The van der Waals surface area contributed by atoms with E-state index in [-0.39, 0.29) is 15.4 Å². The second-order valence-corrected chi connectivity index (χ2v) is 12.6. The lowest BCUT2D eigenvalue weighted by atomic mass is 10.2. The largest absolute Gasteiger partial charge is 0.322 e. The number of nitrogens with one attached hydrogen (secondary N) is 1. The molecule has 184 valence electrons. The minimum absolute atomic E-state index is 0.154. The molecule has 0 saturated carbocycles. The molecule has 0 spiro atoms. The lowest BCUT2D eigenvalue weighted by Gasteiger charge is -2.32. The number of benzene rings is 2. The third-order valence-corrected chi connectivity index (χ3v) is 10.3. The Hall–Kier alpha value is -2.31. The summed E-state index contributed by atoms with van der Waals surface area (Å²) in [6, 6.07) is 10.6. The average Bonchev–Trinajstić information content (AvgIpc) is 3.36. The van der Waals surface area contributed by atoms with Gasteiger partial charge in [-0.2, -0.15) is 8.61 Å².